The van der Waals surface area contributed by atoms with Crippen molar-refractivity contribution in [3.05, 3.63) is 48.0 Å². The third-order valence-electron chi connectivity index (χ3n) is 6.60. The molecule has 0 aliphatic carbocycles. The lowest BCUT2D eigenvalue weighted by molar-refractivity contribution is 0.0917. The number of amides is 1. The molecule has 2 aliphatic rings. The number of sulfonamides is 1. The maximum absolute atomic E-state index is 13.7. The second-order valence-corrected chi connectivity index (χ2v) is 12.0. The molecule has 36 heavy (non-hydrogen) atoms. The van der Waals surface area contributed by atoms with E-state index in [2.05, 4.69) is 0 Å². The summed E-state index contributed by atoms with van der Waals surface area (Å²) in [5.74, 6) is 0.541. The molecule has 1 atom stereocenters. The van der Waals surface area contributed by atoms with E-state index in [-0.39, 0.29) is 16.9 Å². The molecule has 0 spiro atoms. The molecule has 3 heterocycles. The Hall–Kier alpha value is -2.53. The van der Waals surface area contributed by atoms with Gasteiger partial charge in [0.2, 0.25) is 10.0 Å². The third-order valence-corrected chi connectivity index (χ3v) is 9.55. The van der Waals surface area contributed by atoms with Gasteiger partial charge in [0, 0.05) is 25.3 Å². The summed E-state index contributed by atoms with van der Waals surface area (Å²) in [6.07, 6.45) is 4.60. The van der Waals surface area contributed by atoms with Crippen molar-refractivity contribution in [2.24, 2.45) is 0 Å². The van der Waals surface area contributed by atoms with Crippen LogP contribution in [0.25, 0.3) is 10.2 Å². The van der Waals surface area contributed by atoms with Crippen LogP contribution in [0.1, 0.15) is 49.4 Å². The Morgan fingerprint density at radius 2 is 1.92 bits per heavy atom. The first-order valence-corrected chi connectivity index (χ1v) is 14.8. The zero-order valence-electron chi connectivity index (χ0n) is 20.4. The third kappa shape index (κ3) is 5.27. The molecular weight excluding hydrogens is 498 g/mol. The van der Waals surface area contributed by atoms with Crippen LogP contribution in [-0.2, 0) is 14.8 Å². The molecule has 5 rings (SSSR count). The lowest BCUT2D eigenvalue weighted by Crippen LogP contribution is -2.37. The zero-order chi connectivity index (χ0) is 25.1. The van der Waals surface area contributed by atoms with Crippen molar-refractivity contribution in [2.75, 3.05) is 37.7 Å². The molecule has 192 valence electrons. The minimum Gasteiger partial charge on any atom is -0.494 e. The minimum absolute atomic E-state index is 0.0568. The molecule has 1 unspecified atom stereocenters. The van der Waals surface area contributed by atoms with E-state index >= 15 is 0 Å². The van der Waals surface area contributed by atoms with E-state index in [1.807, 2.05) is 25.1 Å². The maximum atomic E-state index is 13.7. The highest BCUT2D eigenvalue weighted by Crippen LogP contribution is 2.33. The first kappa shape index (κ1) is 25.1. The Kier molecular flexibility index (Phi) is 7.57. The number of hydrogen-bond donors (Lipinski definition) is 0. The number of thiazole rings is 1. The lowest BCUT2D eigenvalue weighted by Gasteiger charge is -2.26. The number of carbonyl (C=O) groups is 1. The largest absolute Gasteiger partial charge is 0.494 e. The second-order valence-electron chi connectivity index (χ2n) is 9.10. The van der Waals surface area contributed by atoms with Gasteiger partial charge in [-0.3, -0.25) is 9.69 Å². The van der Waals surface area contributed by atoms with E-state index in [1.54, 1.807) is 17.0 Å². The van der Waals surface area contributed by atoms with Crippen LogP contribution in [0, 0.1) is 0 Å². The van der Waals surface area contributed by atoms with Gasteiger partial charge in [-0.2, -0.15) is 4.31 Å². The van der Waals surface area contributed by atoms with Gasteiger partial charge >= 0.3 is 0 Å². The summed E-state index contributed by atoms with van der Waals surface area (Å²) in [5, 5.41) is 0.587. The van der Waals surface area contributed by atoms with Gasteiger partial charge in [0.1, 0.15) is 5.75 Å². The summed E-state index contributed by atoms with van der Waals surface area (Å²) in [7, 11) is -3.56. The van der Waals surface area contributed by atoms with E-state index in [0.717, 1.165) is 48.1 Å². The number of anilines is 1. The molecule has 0 saturated carbocycles. The van der Waals surface area contributed by atoms with Crippen molar-refractivity contribution in [1.29, 1.82) is 0 Å². The van der Waals surface area contributed by atoms with Gasteiger partial charge in [0.15, 0.2) is 5.13 Å². The summed E-state index contributed by atoms with van der Waals surface area (Å²) in [6, 6.07) is 12.0. The van der Waals surface area contributed by atoms with Crippen molar-refractivity contribution < 1.29 is 22.7 Å². The Labute approximate surface area is 215 Å². The van der Waals surface area contributed by atoms with Crippen molar-refractivity contribution in [3.63, 3.8) is 0 Å². The monoisotopic (exact) mass is 529 g/mol. The highest BCUT2D eigenvalue weighted by atomic mass is 32.2. The van der Waals surface area contributed by atoms with Gasteiger partial charge in [-0.15, -0.1) is 0 Å². The van der Waals surface area contributed by atoms with Gasteiger partial charge in [-0.05, 0) is 75.1 Å². The smallest absolute Gasteiger partial charge is 0.260 e. The number of fused-ring (bicyclic) bond motifs is 1. The summed E-state index contributed by atoms with van der Waals surface area (Å²) < 4.78 is 40.0. The average molecular weight is 530 g/mol. The summed E-state index contributed by atoms with van der Waals surface area (Å²) >= 11 is 1.43. The summed E-state index contributed by atoms with van der Waals surface area (Å²) in [4.78, 5) is 20.3. The molecule has 8 nitrogen and oxygen atoms in total. The fourth-order valence-corrected chi connectivity index (χ4v) is 7.20. The Morgan fingerprint density at radius 1 is 1.14 bits per heavy atom. The van der Waals surface area contributed by atoms with Crippen LogP contribution in [-0.4, -0.2) is 62.6 Å². The van der Waals surface area contributed by atoms with Gasteiger partial charge in [0.25, 0.3) is 5.91 Å². The number of ether oxygens (including phenoxy) is 2. The Balaban J connectivity index is 1.42. The highest BCUT2D eigenvalue weighted by Gasteiger charge is 2.29. The molecule has 1 aromatic heterocycles. The first-order valence-electron chi connectivity index (χ1n) is 12.5. The highest BCUT2D eigenvalue weighted by molar-refractivity contribution is 7.89. The molecular formula is C26H31N3O5S2. The molecule has 0 radical (unpaired) electrons. The van der Waals surface area contributed by atoms with Crippen molar-refractivity contribution >= 4 is 42.6 Å². The molecule has 3 aromatic rings. The minimum atomic E-state index is -3.56. The van der Waals surface area contributed by atoms with Crippen LogP contribution in [0.3, 0.4) is 0 Å². The molecule has 0 N–H and O–H groups in total. The molecule has 2 saturated heterocycles. The van der Waals surface area contributed by atoms with Gasteiger partial charge in [-0.25, -0.2) is 13.4 Å². The maximum Gasteiger partial charge on any atom is 0.260 e. The van der Waals surface area contributed by atoms with E-state index in [9.17, 15) is 13.2 Å². The predicted molar refractivity (Wildman–Crippen MR) is 140 cm³/mol. The fourth-order valence-electron chi connectivity index (χ4n) is 4.68. The van der Waals surface area contributed by atoms with Crippen molar-refractivity contribution in [2.45, 2.75) is 50.0 Å². The van der Waals surface area contributed by atoms with E-state index in [0.29, 0.717) is 43.5 Å². The number of piperidine rings is 1. The topological polar surface area (TPSA) is 89.0 Å². The summed E-state index contributed by atoms with van der Waals surface area (Å²) in [6.45, 7) is 4.68. The zero-order valence-corrected chi connectivity index (χ0v) is 22.0. The quantitative estimate of drug-likeness (QED) is 0.420. The van der Waals surface area contributed by atoms with Crippen molar-refractivity contribution in [3.8, 4) is 5.75 Å². The van der Waals surface area contributed by atoms with Crippen LogP contribution in [0.15, 0.2) is 47.4 Å². The molecule has 10 heteroatoms. The fraction of sp³-hybridized carbons (Fsp3) is 0.462. The van der Waals surface area contributed by atoms with Gasteiger partial charge in [-0.1, -0.05) is 17.8 Å². The number of aromatic nitrogens is 1. The van der Waals surface area contributed by atoms with E-state index < -0.39 is 10.0 Å². The van der Waals surface area contributed by atoms with E-state index in [4.69, 9.17) is 14.5 Å². The van der Waals surface area contributed by atoms with Crippen LogP contribution in [0.5, 0.6) is 5.75 Å². The number of hydrogen-bond acceptors (Lipinski definition) is 7. The SMILES string of the molecule is CCOc1ccc2nc(N(CC3CCCO3)C(=O)c3ccc(S(=O)(=O)N4CCCCC4)cc3)sc2c1. The van der Waals surface area contributed by atoms with Gasteiger partial charge in [0.05, 0.1) is 34.4 Å². The standard InChI is InChI=1S/C26H31N3O5S2/c1-2-33-20-10-13-23-24(17-20)35-26(27-23)29(18-21-7-6-16-34-21)25(30)19-8-11-22(12-9-19)36(31,32)28-14-4-3-5-15-28/h8-13,17,21H,2-7,14-16,18H2,1H3. The van der Waals surface area contributed by atoms with Crippen LogP contribution < -0.4 is 9.64 Å². The molecule has 2 fully saturated rings. The normalized spacial score (nSPS) is 19.0. The van der Waals surface area contributed by atoms with Gasteiger partial charge < -0.3 is 9.47 Å². The molecule has 0 bridgehead atoms. The van der Waals surface area contributed by atoms with Crippen LogP contribution >= 0.6 is 11.3 Å². The average Bonchev–Trinajstić information content (AvgIpc) is 3.57. The second kappa shape index (κ2) is 10.8. The number of nitrogens with zero attached hydrogens (tertiary/aromatic N) is 3. The van der Waals surface area contributed by atoms with Crippen LogP contribution in [0.2, 0.25) is 0 Å². The first-order chi connectivity index (χ1) is 17.5. The number of rotatable bonds is 8. The number of carbonyl (C=O) groups excluding carboxylic acids is 1. The van der Waals surface area contributed by atoms with E-state index in [1.165, 1.54) is 27.8 Å². The number of benzene rings is 2. The van der Waals surface area contributed by atoms with Crippen LogP contribution in [0.4, 0.5) is 5.13 Å². The predicted octanol–water partition coefficient (Wildman–Crippen LogP) is 4.70. The summed E-state index contributed by atoms with van der Waals surface area (Å²) in [5.41, 5.74) is 1.21. The molecule has 2 aliphatic heterocycles. The molecule has 1 amide bonds. The lowest BCUT2D eigenvalue weighted by atomic mass is 10.2. The Bertz CT molecular complexity index is 1310. The Morgan fingerprint density at radius 3 is 2.61 bits per heavy atom. The van der Waals surface area contributed by atoms with Crippen molar-refractivity contribution in [1.82, 2.24) is 9.29 Å². The molecule has 2 aromatic carbocycles.